The van der Waals surface area contributed by atoms with Gasteiger partial charge in [-0.1, -0.05) is 12.1 Å². The zero-order chi connectivity index (χ0) is 11.0. The number of anilines is 1. The molecule has 1 aromatic carbocycles. The molecule has 0 radical (unpaired) electrons. The van der Waals surface area contributed by atoms with Crippen LogP contribution in [0.25, 0.3) is 0 Å². The molecule has 3 nitrogen and oxygen atoms in total. The molecule has 1 heterocycles. The summed E-state index contributed by atoms with van der Waals surface area (Å²) < 4.78 is 24.8. The molecule has 0 atom stereocenters. The molecule has 0 spiro atoms. The molecular weight excluding hydrogens is 204 g/mol. The minimum absolute atomic E-state index is 0.165. The molecule has 0 saturated heterocycles. The third kappa shape index (κ3) is 1.65. The molecule has 0 unspecified atom stereocenters. The first-order valence-electron chi connectivity index (χ1n) is 4.49. The van der Waals surface area contributed by atoms with Crippen molar-refractivity contribution in [3.63, 3.8) is 0 Å². The lowest BCUT2D eigenvalue weighted by atomic mass is 10.1. The van der Waals surface area contributed by atoms with Crippen molar-refractivity contribution in [1.82, 2.24) is 0 Å². The second-order valence-corrected chi connectivity index (χ2v) is 3.36. The fraction of sp³-hybridized carbons (Fsp3) is 0.300. The van der Waals surface area contributed by atoms with Crippen LogP contribution in [0, 0.1) is 0 Å². The van der Waals surface area contributed by atoms with E-state index < -0.39 is 12.5 Å². The summed E-state index contributed by atoms with van der Waals surface area (Å²) in [6.45, 7) is 0.282. The van der Waals surface area contributed by atoms with Crippen LogP contribution in [-0.2, 0) is 6.42 Å². The summed E-state index contributed by atoms with van der Waals surface area (Å²) >= 11 is 0. The van der Waals surface area contributed by atoms with Gasteiger partial charge in [-0.3, -0.25) is 0 Å². The predicted octanol–water partition coefficient (Wildman–Crippen LogP) is 1.33. The summed E-state index contributed by atoms with van der Waals surface area (Å²) in [7, 11) is 0. The molecule has 0 N–H and O–H groups in total. The quantitative estimate of drug-likeness (QED) is 0.704. The van der Waals surface area contributed by atoms with Crippen molar-refractivity contribution < 1.29 is 18.7 Å². The minimum atomic E-state index is -2.58. The first-order chi connectivity index (χ1) is 7.09. The van der Waals surface area contributed by atoms with Crippen molar-refractivity contribution in [2.75, 3.05) is 11.4 Å². The van der Waals surface area contributed by atoms with Gasteiger partial charge in [-0.05, 0) is 18.1 Å². The van der Waals surface area contributed by atoms with Crippen molar-refractivity contribution in [3.05, 3.63) is 29.3 Å². The van der Waals surface area contributed by atoms with E-state index in [0.29, 0.717) is 12.1 Å². The molecule has 0 aromatic heterocycles. The Balaban J connectivity index is 2.42. The highest BCUT2D eigenvalue weighted by Crippen LogP contribution is 2.31. The Hall–Kier alpha value is -1.65. The Bertz CT molecular complexity index is 406. The van der Waals surface area contributed by atoms with Gasteiger partial charge in [0, 0.05) is 17.8 Å². The van der Waals surface area contributed by atoms with Crippen LogP contribution >= 0.6 is 0 Å². The van der Waals surface area contributed by atoms with E-state index in [1.807, 2.05) is 0 Å². The molecule has 0 fully saturated rings. The zero-order valence-corrected chi connectivity index (χ0v) is 7.74. The van der Waals surface area contributed by atoms with Crippen LogP contribution in [0.4, 0.5) is 19.3 Å². The van der Waals surface area contributed by atoms with E-state index in [4.69, 9.17) is 0 Å². The van der Waals surface area contributed by atoms with Crippen molar-refractivity contribution in [1.29, 1.82) is 0 Å². The van der Waals surface area contributed by atoms with Crippen LogP contribution in [0.3, 0.4) is 0 Å². The molecular formula is C10H8F2NO2-. The van der Waals surface area contributed by atoms with Crippen LogP contribution in [-0.4, -0.2) is 12.6 Å². The number of amides is 1. The standard InChI is InChI=1S/C10H9F2NO2/c11-9(12)7-2-1-6-3-4-13(10(14)15)8(6)5-7/h1-2,5,9H,3-4H2,(H,14,15)/p-1. The monoisotopic (exact) mass is 212 g/mol. The minimum Gasteiger partial charge on any atom is -0.530 e. The number of halogens is 2. The van der Waals surface area contributed by atoms with Crippen molar-refractivity contribution in [2.45, 2.75) is 12.8 Å². The molecule has 80 valence electrons. The fourth-order valence-corrected chi connectivity index (χ4v) is 1.72. The highest BCUT2D eigenvalue weighted by molar-refractivity contribution is 5.87. The van der Waals surface area contributed by atoms with Gasteiger partial charge in [-0.15, -0.1) is 0 Å². The summed E-state index contributed by atoms with van der Waals surface area (Å²) in [4.78, 5) is 11.7. The van der Waals surface area contributed by atoms with Gasteiger partial charge in [0.2, 0.25) is 0 Å². The van der Waals surface area contributed by atoms with Crippen LogP contribution in [0.15, 0.2) is 18.2 Å². The maximum absolute atomic E-state index is 12.4. The predicted molar refractivity (Wildman–Crippen MR) is 47.8 cm³/mol. The SMILES string of the molecule is O=C([O-])N1CCc2ccc(C(F)F)cc21. The maximum atomic E-state index is 12.4. The van der Waals surface area contributed by atoms with Crippen molar-refractivity contribution in [3.8, 4) is 0 Å². The summed E-state index contributed by atoms with van der Waals surface area (Å²) in [6, 6.07) is 4.07. The number of hydrogen-bond donors (Lipinski definition) is 0. The maximum Gasteiger partial charge on any atom is 0.263 e. The molecule has 0 saturated carbocycles. The molecule has 1 aliphatic rings. The van der Waals surface area contributed by atoms with Gasteiger partial charge in [0.15, 0.2) is 0 Å². The van der Waals surface area contributed by atoms with Crippen molar-refractivity contribution >= 4 is 11.8 Å². The number of carbonyl (C=O) groups is 1. The Kier molecular flexibility index (Phi) is 2.30. The van der Waals surface area contributed by atoms with E-state index in [-0.39, 0.29) is 12.1 Å². The number of benzene rings is 1. The van der Waals surface area contributed by atoms with Gasteiger partial charge < -0.3 is 14.8 Å². The molecule has 1 aliphatic heterocycles. The highest BCUT2D eigenvalue weighted by atomic mass is 19.3. The molecule has 0 aliphatic carbocycles. The van der Waals surface area contributed by atoms with Gasteiger partial charge in [0.05, 0.1) is 0 Å². The van der Waals surface area contributed by atoms with Gasteiger partial charge in [0.25, 0.3) is 6.43 Å². The third-order valence-electron chi connectivity index (χ3n) is 2.48. The van der Waals surface area contributed by atoms with Crippen LogP contribution in [0.5, 0.6) is 0 Å². The Morgan fingerprint density at radius 3 is 2.80 bits per heavy atom. The van der Waals surface area contributed by atoms with Crippen LogP contribution < -0.4 is 10.0 Å². The first kappa shape index (κ1) is 9.89. The third-order valence-corrected chi connectivity index (χ3v) is 2.48. The lowest BCUT2D eigenvalue weighted by molar-refractivity contribution is -0.246. The molecule has 1 aromatic rings. The second kappa shape index (κ2) is 3.49. The molecule has 0 bridgehead atoms. The van der Waals surface area contributed by atoms with E-state index >= 15 is 0 Å². The first-order valence-corrected chi connectivity index (χ1v) is 4.49. The summed E-state index contributed by atoms with van der Waals surface area (Å²) in [5.74, 6) is 0. The summed E-state index contributed by atoms with van der Waals surface area (Å²) in [6.07, 6.45) is -3.38. The lowest BCUT2D eigenvalue weighted by Crippen LogP contribution is -2.40. The van der Waals surface area contributed by atoms with Crippen LogP contribution in [0.1, 0.15) is 17.6 Å². The average molecular weight is 212 g/mol. The van der Waals surface area contributed by atoms with Gasteiger partial charge in [0.1, 0.15) is 6.09 Å². The zero-order valence-electron chi connectivity index (χ0n) is 7.74. The van der Waals surface area contributed by atoms with E-state index in [2.05, 4.69) is 0 Å². The van der Waals surface area contributed by atoms with Gasteiger partial charge >= 0.3 is 0 Å². The molecule has 5 heteroatoms. The number of carbonyl (C=O) groups excluding carboxylic acids is 1. The number of hydrogen-bond acceptors (Lipinski definition) is 2. The molecule has 15 heavy (non-hydrogen) atoms. The number of fused-ring (bicyclic) bond motifs is 1. The Morgan fingerprint density at radius 1 is 1.47 bits per heavy atom. The smallest absolute Gasteiger partial charge is 0.263 e. The fourth-order valence-electron chi connectivity index (χ4n) is 1.72. The number of alkyl halides is 2. The average Bonchev–Trinajstić information content (AvgIpc) is 2.59. The van der Waals surface area contributed by atoms with E-state index in [0.717, 1.165) is 10.5 Å². The highest BCUT2D eigenvalue weighted by Gasteiger charge is 2.21. The van der Waals surface area contributed by atoms with E-state index in [1.165, 1.54) is 12.1 Å². The van der Waals surface area contributed by atoms with Gasteiger partial charge in [-0.2, -0.15) is 0 Å². The normalized spacial score (nSPS) is 14.5. The number of rotatable bonds is 1. The Morgan fingerprint density at radius 2 is 2.20 bits per heavy atom. The topological polar surface area (TPSA) is 43.4 Å². The second-order valence-electron chi connectivity index (χ2n) is 3.36. The van der Waals surface area contributed by atoms with E-state index in [1.54, 1.807) is 6.07 Å². The summed E-state index contributed by atoms with van der Waals surface area (Å²) in [5.41, 5.74) is 0.929. The van der Waals surface area contributed by atoms with Gasteiger partial charge in [-0.25, -0.2) is 8.78 Å². The van der Waals surface area contributed by atoms with E-state index in [9.17, 15) is 18.7 Å². The number of carboxylic acid groups (broad SMARTS) is 1. The molecule has 1 amide bonds. The largest absolute Gasteiger partial charge is 0.530 e. The van der Waals surface area contributed by atoms with Crippen molar-refractivity contribution in [2.24, 2.45) is 0 Å². The lowest BCUT2D eigenvalue weighted by Gasteiger charge is -2.19. The molecule has 2 rings (SSSR count). The Labute approximate surface area is 84.9 Å². The van der Waals surface area contributed by atoms with Crippen LogP contribution in [0.2, 0.25) is 0 Å². The number of nitrogens with zero attached hydrogens (tertiary/aromatic N) is 1. The summed E-state index contributed by atoms with van der Waals surface area (Å²) in [5, 5.41) is 10.7.